The first kappa shape index (κ1) is 24.5. The lowest BCUT2D eigenvalue weighted by Gasteiger charge is -2.28. The van der Waals surface area contributed by atoms with Crippen LogP contribution in [0.3, 0.4) is 0 Å². The fourth-order valence-corrected chi connectivity index (χ4v) is 3.50. The van der Waals surface area contributed by atoms with Gasteiger partial charge in [0.15, 0.2) is 29.0 Å². The summed E-state index contributed by atoms with van der Waals surface area (Å²) in [7, 11) is 1.33. The van der Waals surface area contributed by atoms with Gasteiger partial charge >= 0.3 is 0 Å². The quantitative estimate of drug-likeness (QED) is 0.429. The average Bonchev–Trinajstić information content (AvgIpc) is 2.87. The fourth-order valence-electron chi connectivity index (χ4n) is 3.50. The number of aromatic nitrogens is 2. The molecule has 0 saturated carbocycles. The highest BCUT2D eigenvalue weighted by Gasteiger charge is 2.24. The molecule has 186 valence electrons. The molecule has 0 aliphatic carbocycles. The zero-order chi connectivity index (χ0) is 24.9. The van der Waals surface area contributed by atoms with Crippen LogP contribution < -0.4 is 26.1 Å². The van der Waals surface area contributed by atoms with E-state index >= 15 is 0 Å². The molecular weight excluding hydrogens is 466 g/mol. The summed E-state index contributed by atoms with van der Waals surface area (Å²) in [4.78, 5) is 31.8. The number of hydrogen-bond donors (Lipinski definition) is 3. The van der Waals surface area contributed by atoms with E-state index in [0.29, 0.717) is 12.1 Å². The maximum Gasteiger partial charge on any atom is 0.287 e. The second-order valence-corrected chi connectivity index (χ2v) is 7.79. The highest BCUT2D eigenvalue weighted by atomic mass is 19.1. The number of benzene rings is 2. The number of amides is 1. The fraction of sp³-hybridized carbons (Fsp3) is 0.348. The summed E-state index contributed by atoms with van der Waals surface area (Å²) in [6.45, 7) is 0.793. The van der Waals surface area contributed by atoms with E-state index in [1.165, 1.54) is 31.4 Å². The van der Waals surface area contributed by atoms with Gasteiger partial charge in [0, 0.05) is 13.1 Å². The van der Waals surface area contributed by atoms with Gasteiger partial charge < -0.3 is 35.0 Å². The van der Waals surface area contributed by atoms with Gasteiger partial charge in [0.05, 0.1) is 31.9 Å². The summed E-state index contributed by atoms with van der Waals surface area (Å²) in [6, 6.07) is 6.52. The Kier molecular flexibility index (Phi) is 7.54. The van der Waals surface area contributed by atoms with Crippen molar-refractivity contribution in [2.24, 2.45) is 5.73 Å². The minimum absolute atomic E-state index is 0.0312. The van der Waals surface area contributed by atoms with E-state index in [1.54, 1.807) is 0 Å². The molecule has 4 rings (SSSR count). The van der Waals surface area contributed by atoms with Gasteiger partial charge in [-0.2, -0.15) is 0 Å². The Morgan fingerprint density at radius 3 is 2.66 bits per heavy atom. The van der Waals surface area contributed by atoms with E-state index in [-0.39, 0.29) is 60.7 Å². The first-order valence-corrected chi connectivity index (χ1v) is 10.8. The molecule has 2 aromatic carbocycles. The number of nitrogens with one attached hydrogen (secondary N) is 2. The number of nitrogens with two attached hydrogens (primary N) is 1. The largest absolute Gasteiger partial charge is 0.494 e. The van der Waals surface area contributed by atoms with Crippen molar-refractivity contribution in [1.29, 1.82) is 0 Å². The zero-order valence-corrected chi connectivity index (χ0v) is 18.8. The highest BCUT2D eigenvalue weighted by Crippen LogP contribution is 2.26. The van der Waals surface area contributed by atoms with E-state index in [0.717, 1.165) is 6.07 Å². The van der Waals surface area contributed by atoms with Crippen LogP contribution in [0, 0.1) is 11.6 Å². The third-order valence-electron chi connectivity index (χ3n) is 5.37. The Bertz CT molecular complexity index is 1280. The molecule has 12 heteroatoms. The molecule has 4 N–H and O–H groups in total. The van der Waals surface area contributed by atoms with Gasteiger partial charge in [-0.15, -0.1) is 0 Å². The Morgan fingerprint density at radius 2 is 1.94 bits per heavy atom. The van der Waals surface area contributed by atoms with Crippen molar-refractivity contribution in [3.63, 3.8) is 0 Å². The lowest BCUT2D eigenvalue weighted by Crippen LogP contribution is -2.42. The topological polar surface area (TPSA) is 138 Å². The maximum absolute atomic E-state index is 14.5. The summed E-state index contributed by atoms with van der Waals surface area (Å²) in [6.07, 6.45) is -0.670. The molecule has 35 heavy (non-hydrogen) atoms. The smallest absolute Gasteiger partial charge is 0.287 e. The SMILES string of the molecule is COc1cc(CNC(=O)c2nc3ccc(F)c(OCC4COC(CN)CO4)c3c(=O)[nH]2)ccc1F. The van der Waals surface area contributed by atoms with Crippen molar-refractivity contribution >= 4 is 16.8 Å². The molecule has 3 aromatic rings. The molecule has 1 amide bonds. The number of aromatic amines is 1. The van der Waals surface area contributed by atoms with E-state index in [1.807, 2.05) is 0 Å². The van der Waals surface area contributed by atoms with E-state index in [4.69, 9.17) is 24.7 Å². The van der Waals surface area contributed by atoms with Gasteiger partial charge in [-0.25, -0.2) is 13.8 Å². The number of rotatable bonds is 8. The Balaban J connectivity index is 1.49. The minimum atomic E-state index is -0.760. The number of nitrogens with zero attached hydrogens (tertiary/aromatic N) is 1. The molecule has 2 heterocycles. The van der Waals surface area contributed by atoms with E-state index in [9.17, 15) is 18.4 Å². The first-order chi connectivity index (χ1) is 16.9. The summed E-state index contributed by atoms with van der Waals surface area (Å²) >= 11 is 0. The highest BCUT2D eigenvalue weighted by molar-refractivity contribution is 5.93. The number of hydrogen-bond acceptors (Lipinski definition) is 8. The van der Waals surface area contributed by atoms with Crippen LogP contribution in [-0.4, -0.2) is 61.6 Å². The van der Waals surface area contributed by atoms with Crippen LogP contribution >= 0.6 is 0 Å². The van der Waals surface area contributed by atoms with Gasteiger partial charge in [0.2, 0.25) is 0 Å². The Hall–Kier alpha value is -3.61. The van der Waals surface area contributed by atoms with Crippen molar-refractivity contribution in [3.8, 4) is 11.5 Å². The summed E-state index contributed by atoms with van der Waals surface area (Å²) in [5.74, 6) is -2.51. The predicted molar refractivity (Wildman–Crippen MR) is 120 cm³/mol. The van der Waals surface area contributed by atoms with Crippen LogP contribution in [0.5, 0.6) is 11.5 Å². The normalized spacial score (nSPS) is 17.8. The van der Waals surface area contributed by atoms with Crippen LogP contribution in [0.15, 0.2) is 35.1 Å². The van der Waals surface area contributed by atoms with Crippen LogP contribution in [-0.2, 0) is 16.0 Å². The molecule has 2 unspecified atom stereocenters. The monoisotopic (exact) mass is 490 g/mol. The maximum atomic E-state index is 14.5. The second-order valence-electron chi connectivity index (χ2n) is 7.79. The van der Waals surface area contributed by atoms with Gasteiger partial charge in [-0.3, -0.25) is 9.59 Å². The van der Waals surface area contributed by atoms with Crippen molar-refractivity contribution in [2.75, 3.05) is 33.5 Å². The number of halogens is 2. The standard InChI is InChI=1S/C23H24F2N4O6/c1-32-18-6-12(2-3-15(18)24)8-27-23(31)21-28-17-5-4-16(25)20(19(17)22(30)29-21)35-11-14-10-33-13(7-26)9-34-14/h2-6,13-14H,7-11,26H2,1H3,(H,27,31)(H,28,29,30). The summed E-state index contributed by atoms with van der Waals surface area (Å²) in [5, 5.41) is 2.45. The van der Waals surface area contributed by atoms with Crippen LogP contribution in [0.25, 0.3) is 10.9 Å². The lowest BCUT2D eigenvalue weighted by atomic mass is 10.2. The van der Waals surface area contributed by atoms with Gasteiger partial charge in [-0.05, 0) is 29.8 Å². The number of carbonyl (C=O) groups is 1. The third kappa shape index (κ3) is 5.56. The number of H-pyrrole nitrogens is 1. The Labute approximate surface area is 198 Å². The average molecular weight is 490 g/mol. The molecule has 1 aliphatic rings. The molecule has 2 atom stereocenters. The number of methoxy groups -OCH3 is 1. The van der Waals surface area contributed by atoms with Crippen LogP contribution in [0.2, 0.25) is 0 Å². The van der Waals surface area contributed by atoms with Crippen molar-refractivity contribution in [3.05, 3.63) is 63.7 Å². The van der Waals surface area contributed by atoms with Crippen LogP contribution in [0.1, 0.15) is 16.2 Å². The molecule has 1 saturated heterocycles. The zero-order valence-electron chi connectivity index (χ0n) is 18.8. The minimum Gasteiger partial charge on any atom is -0.494 e. The predicted octanol–water partition coefficient (Wildman–Crippen LogP) is 1.26. The van der Waals surface area contributed by atoms with Crippen molar-refractivity contribution in [2.45, 2.75) is 18.8 Å². The lowest BCUT2D eigenvalue weighted by molar-refractivity contribution is -0.138. The van der Waals surface area contributed by atoms with E-state index in [2.05, 4.69) is 15.3 Å². The molecule has 1 aromatic heterocycles. The summed E-state index contributed by atoms with van der Waals surface area (Å²) < 4.78 is 49.7. The van der Waals surface area contributed by atoms with Gasteiger partial charge in [0.25, 0.3) is 11.5 Å². The summed E-state index contributed by atoms with van der Waals surface area (Å²) in [5.41, 5.74) is 5.43. The van der Waals surface area contributed by atoms with Crippen LogP contribution in [0.4, 0.5) is 8.78 Å². The molecule has 0 spiro atoms. The molecule has 10 nitrogen and oxygen atoms in total. The first-order valence-electron chi connectivity index (χ1n) is 10.8. The van der Waals surface area contributed by atoms with Crippen molar-refractivity contribution < 1.29 is 32.5 Å². The van der Waals surface area contributed by atoms with Crippen molar-refractivity contribution in [1.82, 2.24) is 15.3 Å². The number of carbonyl (C=O) groups excluding carboxylic acids is 1. The second kappa shape index (κ2) is 10.8. The van der Waals surface area contributed by atoms with Gasteiger partial charge in [-0.1, -0.05) is 6.07 Å². The van der Waals surface area contributed by atoms with Gasteiger partial charge in [0.1, 0.15) is 18.1 Å². The number of fused-ring (bicyclic) bond motifs is 1. The molecule has 0 bridgehead atoms. The number of ether oxygens (including phenoxy) is 4. The Morgan fingerprint density at radius 1 is 1.20 bits per heavy atom. The molecular formula is C23H24F2N4O6. The van der Waals surface area contributed by atoms with E-state index < -0.39 is 29.2 Å². The molecule has 0 radical (unpaired) electrons. The third-order valence-corrected chi connectivity index (χ3v) is 5.37. The molecule has 1 aliphatic heterocycles. The molecule has 1 fully saturated rings.